The highest BCUT2D eigenvalue weighted by atomic mass is 16.1. The van der Waals surface area contributed by atoms with Gasteiger partial charge in [0.1, 0.15) is 6.33 Å². The number of nitrogens with zero attached hydrogens (tertiary/aromatic N) is 4. The smallest absolute Gasteiger partial charge is 0.252 e. The summed E-state index contributed by atoms with van der Waals surface area (Å²) < 4.78 is 1.72. The molecule has 1 aromatic carbocycles. The summed E-state index contributed by atoms with van der Waals surface area (Å²) in [4.78, 5) is 20.8. The summed E-state index contributed by atoms with van der Waals surface area (Å²) in [5.74, 6) is 0.635. The predicted molar refractivity (Wildman–Crippen MR) is 96.3 cm³/mol. The highest BCUT2D eigenvalue weighted by Crippen LogP contribution is 2.15. The first-order valence-electron chi connectivity index (χ1n) is 8.44. The summed E-state index contributed by atoms with van der Waals surface area (Å²) in [6.07, 6.45) is 2.56. The molecular formula is C19H23N5O. The molecule has 0 saturated heterocycles. The van der Waals surface area contributed by atoms with Crippen LogP contribution in [-0.4, -0.2) is 25.5 Å². The minimum absolute atomic E-state index is 0.0393. The second-order valence-corrected chi connectivity index (χ2v) is 6.44. The molecule has 6 heteroatoms. The van der Waals surface area contributed by atoms with Gasteiger partial charge in [-0.15, -0.1) is 0 Å². The first kappa shape index (κ1) is 17.1. The van der Waals surface area contributed by atoms with E-state index < -0.39 is 0 Å². The standard InChI is InChI=1S/C19H23N5O/c1-12-5-6-16(13(2)9-12)10-20-18(25)8-7-17-14(3)23-19-21-11-22-24(19)15(17)4/h5-6,9,11H,7-8,10H2,1-4H3,(H,20,25). The lowest BCUT2D eigenvalue weighted by Gasteiger charge is -2.11. The van der Waals surface area contributed by atoms with Gasteiger partial charge in [0.2, 0.25) is 5.91 Å². The molecule has 2 heterocycles. The topological polar surface area (TPSA) is 72.2 Å². The fourth-order valence-electron chi connectivity index (χ4n) is 3.08. The Hall–Kier alpha value is -2.76. The predicted octanol–water partition coefficient (Wildman–Crippen LogP) is 2.61. The average Bonchev–Trinajstić information content (AvgIpc) is 3.02. The molecule has 2 aromatic heterocycles. The lowest BCUT2D eigenvalue weighted by Crippen LogP contribution is -2.24. The highest BCUT2D eigenvalue weighted by molar-refractivity contribution is 5.76. The number of hydrogen-bond acceptors (Lipinski definition) is 4. The van der Waals surface area contributed by atoms with Crippen LogP contribution in [0.4, 0.5) is 0 Å². The van der Waals surface area contributed by atoms with E-state index in [1.54, 1.807) is 4.52 Å². The zero-order valence-corrected chi connectivity index (χ0v) is 15.1. The number of carbonyl (C=O) groups is 1. The van der Waals surface area contributed by atoms with E-state index in [2.05, 4.69) is 52.4 Å². The summed E-state index contributed by atoms with van der Waals surface area (Å²) in [5, 5.41) is 7.19. The van der Waals surface area contributed by atoms with Gasteiger partial charge in [-0.25, -0.2) is 9.50 Å². The molecule has 0 aliphatic rings. The molecule has 0 atom stereocenters. The van der Waals surface area contributed by atoms with E-state index >= 15 is 0 Å². The summed E-state index contributed by atoms with van der Waals surface area (Å²) in [5.41, 5.74) is 6.53. The first-order valence-corrected chi connectivity index (χ1v) is 8.44. The molecule has 0 bridgehead atoms. The van der Waals surface area contributed by atoms with Crippen molar-refractivity contribution in [3.05, 3.63) is 58.2 Å². The Balaban J connectivity index is 1.62. The normalized spacial score (nSPS) is 11.0. The molecule has 0 radical (unpaired) electrons. The lowest BCUT2D eigenvalue weighted by atomic mass is 10.0. The van der Waals surface area contributed by atoms with E-state index in [9.17, 15) is 4.79 Å². The van der Waals surface area contributed by atoms with Gasteiger partial charge in [-0.2, -0.15) is 10.1 Å². The first-order chi connectivity index (χ1) is 12.0. The van der Waals surface area contributed by atoms with E-state index in [0.29, 0.717) is 25.2 Å². The van der Waals surface area contributed by atoms with Crippen LogP contribution in [0, 0.1) is 27.7 Å². The summed E-state index contributed by atoms with van der Waals surface area (Å²) in [7, 11) is 0. The van der Waals surface area contributed by atoms with Crippen LogP contribution in [0.15, 0.2) is 24.5 Å². The molecule has 3 aromatic rings. The minimum Gasteiger partial charge on any atom is -0.352 e. The molecule has 0 saturated carbocycles. The van der Waals surface area contributed by atoms with Gasteiger partial charge in [-0.3, -0.25) is 4.79 Å². The lowest BCUT2D eigenvalue weighted by molar-refractivity contribution is -0.121. The van der Waals surface area contributed by atoms with Crippen molar-refractivity contribution in [2.75, 3.05) is 0 Å². The van der Waals surface area contributed by atoms with Gasteiger partial charge >= 0.3 is 0 Å². The van der Waals surface area contributed by atoms with Crippen molar-refractivity contribution < 1.29 is 4.79 Å². The number of aryl methyl sites for hydroxylation is 4. The second kappa shape index (κ2) is 7.01. The fraction of sp³-hybridized carbons (Fsp3) is 0.368. The van der Waals surface area contributed by atoms with Crippen LogP contribution >= 0.6 is 0 Å². The maximum atomic E-state index is 12.2. The third kappa shape index (κ3) is 3.68. The van der Waals surface area contributed by atoms with E-state index in [4.69, 9.17) is 0 Å². The molecule has 25 heavy (non-hydrogen) atoms. The van der Waals surface area contributed by atoms with Crippen LogP contribution in [0.3, 0.4) is 0 Å². The van der Waals surface area contributed by atoms with E-state index in [1.807, 2.05) is 13.8 Å². The average molecular weight is 337 g/mol. The van der Waals surface area contributed by atoms with Gasteiger partial charge in [0.25, 0.3) is 5.78 Å². The molecule has 1 N–H and O–H groups in total. The molecule has 6 nitrogen and oxygen atoms in total. The van der Waals surface area contributed by atoms with E-state index in [0.717, 1.165) is 22.5 Å². The second-order valence-electron chi connectivity index (χ2n) is 6.44. The van der Waals surface area contributed by atoms with Gasteiger partial charge in [0.05, 0.1) is 0 Å². The van der Waals surface area contributed by atoms with Crippen molar-refractivity contribution in [3.8, 4) is 0 Å². The van der Waals surface area contributed by atoms with Crippen molar-refractivity contribution in [1.29, 1.82) is 0 Å². The molecule has 3 rings (SSSR count). The van der Waals surface area contributed by atoms with Crippen molar-refractivity contribution in [3.63, 3.8) is 0 Å². The van der Waals surface area contributed by atoms with Crippen LogP contribution in [0.5, 0.6) is 0 Å². The Morgan fingerprint density at radius 2 is 2.00 bits per heavy atom. The van der Waals surface area contributed by atoms with Crippen molar-refractivity contribution in [1.82, 2.24) is 24.9 Å². The SMILES string of the molecule is Cc1ccc(CNC(=O)CCc2c(C)nc3ncnn3c2C)c(C)c1. The van der Waals surface area contributed by atoms with Crippen LogP contribution in [0.2, 0.25) is 0 Å². The molecule has 1 amide bonds. The Morgan fingerprint density at radius 3 is 2.76 bits per heavy atom. The third-order valence-electron chi connectivity index (χ3n) is 4.56. The van der Waals surface area contributed by atoms with Gasteiger partial charge < -0.3 is 5.32 Å². The molecule has 130 valence electrons. The van der Waals surface area contributed by atoms with Crippen molar-refractivity contribution >= 4 is 11.7 Å². The zero-order chi connectivity index (χ0) is 18.0. The largest absolute Gasteiger partial charge is 0.352 e. The molecule has 0 aliphatic carbocycles. The van der Waals surface area contributed by atoms with Crippen molar-refractivity contribution in [2.24, 2.45) is 0 Å². The summed E-state index contributed by atoms with van der Waals surface area (Å²) in [6, 6.07) is 6.27. The number of benzene rings is 1. The van der Waals surface area contributed by atoms with Gasteiger partial charge in [0, 0.05) is 24.4 Å². The quantitative estimate of drug-likeness (QED) is 0.777. The maximum Gasteiger partial charge on any atom is 0.252 e. The van der Waals surface area contributed by atoms with Crippen LogP contribution in [-0.2, 0) is 17.8 Å². The highest BCUT2D eigenvalue weighted by Gasteiger charge is 2.12. The Bertz CT molecular complexity index is 929. The Morgan fingerprint density at radius 1 is 1.20 bits per heavy atom. The molecule has 0 aliphatic heterocycles. The number of rotatable bonds is 5. The monoisotopic (exact) mass is 337 g/mol. The fourth-order valence-corrected chi connectivity index (χ4v) is 3.08. The maximum absolute atomic E-state index is 12.2. The number of fused-ring (bicyclic) bond motifs is 1. The molecule has 0 spiro atoms. The van der Waals surface area contributed by atoms with Gasteiger partial charge in [-0.05, 0) is 50.8 Å². The number of nitrogens with one attached hydrogen (secondary N) is 1. The molecule has 0 unspecified atom stereocenters. The Labute approximate surface area is 147 Å². The minimum atomic E-state index is 0.0393. The molecule has 0 fully saturated rings. The zero-order valence-electron chi connectivity index (χ0n) is 15.1. The van der Waals surface area contributed by atoms with Crippen LogP contribution in [0.1, 0.15) is 40.1 Å². The third-order valence-corrected chi connectivity index (χ3v) is 4.56. The number of amides is 1. The number of hydrogen-bond donors (Lipinski definition) is 1. The summed E-state index contributed by atoms with van der Waals surface area (Å²) >= 11 is 0. The van der Waals surface area contributed by atoms with E-state index in [1.165, 1.54) is 17.5 Å². The summed E-state index contributed by atoms with van der Waals surface area (Å²) in [6.45, 7) is 8.63. The Kier molecular flexibility index (Phi) is 4.79. The number of aromatic nitrogens is 4. The van der Waals surface area contributed by atoms with E-state index in [-0.39, 0.29) is 5.91 Å². The molecular weight excluding hydrogens is 314 g/mol. The van der Waals surface area contributed by atoms with Crippen molar-refractivity contribution in [2.45, 2.75) is 47.1 Å². The van der Waals surface area contributed by atoms with Gasteiger partial charge in [0.15, 0.2) is 0 Å². The number of carbonyl (C=O) groups excluding carboxylic acids is 1. The van der Waals surface area contributed by atoms with Crippen LogP contribution < -0.4 is 5.32 Å². The van der Waals surface area contributed by atoms with Gasteiger partial charge in [-0.1, -0.05) is 23.8 Å². The van der Waals surface area contributed by atoms with Crippen LogP contribution in [0.25, 0.3) is 5.78 Å².